The standard InChI is InChI=1S/C16H17N3O/c1-2-10-19-15(11-12-6-3-4-8-14(12)20)18-13-7-5-9-17-16(13)19/h3-9,20H,2,10-11H2,1H3. The summed E-state index contributed by atoms with van der Waals surface area (Å²) in [6, 6.07) is 11.3. The molecule has 20 heavy (non-hydrogen) atoms. The van der Waals surface area contributed by atoms with Crippen LogP contribution in [0, 0.1) is 0 Å². The first kappa shape index (κ1) is 12.7. The molecule has 0 bridgehead atoms. The number of phenolic OH excluding ortho intramolecular Hbond substituents is 1. The number of hydrogen-bond acceptors (Lipinski definition) is 3. The topological polar surface area (TPSA) is 50.9 Å². The van der Waals surface area contributed by atoms with Gasteiger partial charge in [0, 0.05) is 24.7 Å². The van der Waals surface area contributed by atoms with E-state index in [0.29, 0.717) is 12.2 Å². The molecule has 2 aromatic heterocycles. The molecule has 0 unspecified atom stereocenters. The summed E-state index contributed by atoms with van der Waals surface area (Å²) in [6.07, 6.45) is 3.43. The van der Waals surface area contributed by atoms with Gasteiger partial charge in [-0.25, -0.2) is 9.97 Å². The number of aromatic hydroxyl groups is 1. The molecule has 0 fully saturated rings. The van der Waals surface area contributed by atoms with E-state index in [4.69, 9.17) is 0 Å². The molecule has 3 rings (SSSR count). The van der Waals surface area contributed by atoms with Crippen LogP contribution in [-0.4, -0.2) is 19.6 Å². The summed E-state index contributed by atoms with van der Waals surface area (Å²) < 4.78 is 2.14. The summed E-state index contributed by atoms with van der Waals surface area (Å²) in [6.45, 7) is 3.02. The fourth-order valence-corrected chi connectivity index (χ4v) is 2.43. The Kier molecular flexibility index (Phi) is 3.37. The van der Waals surface area contributed by atoms with E-state index in [1.54, 1.807) is 12.3 Å². The summed E-state index contributed by atoms with van der Waals surface area (Å²) >= 11 is 0. The summed E-state index contributed by atoms with van der Waals surface area (Å²) in [4.78, 5) is 9.08. The van der Waals surface area contributed by atoms with Gasteiger partial charge in [0.05, 0.1) is 0 Å². The molecular weight excluding hydrogens is 250 g/mol. The fraction of sp³-hybridized carbons (Fsp3) is 0.250. The molecule has 3 aromatic rings. The first-order valence-corrected chi connectivity index (χ1v) is 6.86. The van der Waals surface area contributed by atoms with Crippen molar-refractivity contribution in [2.24, 2.45) is 0 Å². The maximum Gasteiger partial charge on any atom is 0.159 e. The first-order chi connectivity index (χ1) is 9.79. The minimum absolute atomic E-state index is 0.315. The number of pyridine rings is 1. The predicted octanol–water partition coefficient (Wildman–Crippen LogP) is 3.14. The highest BCUT2D eigenvalue weighted by Crippen LogP contribution is 2.22. The summed E-state index contributed by atoms with van der Waals surface area (Å²) in [5.74, 6) is 1.26. The lowest BCUT2D eigenvalue weighted by Gasteiger charge is -2.08. The molecule has 0 amide bonds. The van der Waals surface area contributed by atoms with E-state index in [-0.39, 0.29) is 0 Å². The van der Waals surface area contributed by atoms with Gasteiger partial charge in [0.25, 0.3) is 0 Å². The zero-order valence-corrected chi connectivity index (χ0v) is 11.5. The van der Waals surface area contributed by atoms with Gasteiger partial charge in [-0.15, -0.1) is 0 Å². The number of para-hydroxylation sites is 1. The van der Waals surface area contributed by atoms with Crippen LogP contribution >= 0.6 is 0 Å². The highest BCUT2D eigenvalue weighted by atomic mass is 16.3. The van der Waals surface area contributed by atoms with Crippen LogP contribution in [0.25, 0.3) is 11.2 Å². The second kappa shape index (κ2) is 5.33. The van der Waals surface area contributed by atoms with Crippen LogP contribution in [0.1, 0.15) is 24.7 Å². The van der Waals surface area contributed by atoms with Gasteiger partial charge < -0.3 is 9.67 Å². The van der Waals surface area contributed by atoms with E-state index in [1.165, 1.54) is 0 Å². The molecular formula is C16H17N3O. The fourth-order valence-electron chi connectivity index (χ4n) is 2.43. The molecule has 0 spiro atoms. The SMILES string of the molecule is CCCn1c(Cc2ccccc2O)nc2cccnc21. The smallest absolute Gasteiger partial charge is 0.159 e. The number of imidazole rings is 1. The maximum absolute atomic E-state index is 9.91. The van der Waals surface area contributed by atoms with Crippen LogP contribution in [-0.2, 0) is 13.0 Å². The maximum atomic E-state index is 9.91. The Bertz CT molecular complexity index is 733. The van der Waals surface area contributed by atoms with Crippen molar-refractivity contribution in [2.45, 2.75) is 26.3 Å². The highest BCUT2D eigenvalue weighted by Gasteiger charge is 2.12. The zero-order valence-electron chi connectivity index (χ0n) is 11.5. The van der Waals surface area contributed by atoms with Crippen molar-refractivity contribution in [3.05, 3.63) is 54.0 Å². The van der Waals surface area contributed by atoms with Crippen LogP contribution in [0.2, 0.25) is 0 Å². The number of hydrogen-bond donors (Lipinski definition) is 1. The lowest BCUT2D eigenvalue weighted by molar-refractivity contribution is 0.468. The van der Waals surface area contributed by atoms with Gasteiger partial charge in [-0.1, -0.05) is 25.1 Å². The van der Waals surface area contributed by atoms with E-state index in [2.05, 4.69) is 21.5 Å². The van der Waals surface area contributed by atoms with Gasteiger partial charge in [-0.2, -0.15) is 0 Å². The Hall–Kier alpha value is -2.36. The third-order valence-electron chi connectivity index (χ3n) is 3.37. The molecule has 0 aliphatic rings. The summed E-state index contributed by atoms with van der Waals surface area (Å²) in [5, 5.41) is 9.91. The molecule has 102 valence electrons. The van der Waals surface area contributed by atoms with E-state index in [9.17, 15) is 5.11 Å². The molecule has 0 aliphatic heterocycles. The van der Waals surface area contributed by atoms with Crippen LogP contribution in [0.5, 0.6) is 5.75 Å². The quantitative estimate of drug-likeness (QED) is 0.790. The van der Waals surface area contributed by atoms with Gasteiger partial charge in [-0.05, 0) is 24.6 Å². The number of benzene rings is 1. The molecule has 0 saturated heterocycles. The number of phenols is 1. The summed E-state index contributed by atoms with van der Waals surface area (Å²) in [5.41, 5.74) is 2.71. The Morgan fingerprint density at radius 2 is 2.00 bits per heavy atom. The van der Waals surface area contributed by atoms with Crippen molar-refractivity contribution in [3.63, 3.8) is 0 Å². The molecule has 0 saturated carbocycles. The Morgan fingerprint density at radius 1 is 1.15 bits per heavy atom. The van der Waals surface area contributed by atoms with Gasteiger partial charge in [0.2, 0.25) is 0 Å². The third kappa shape index (κ3) is 2.25. The lowest BCUT2D eigenvalue weighted by atomic mass is 10.1. The number of aromatic nitrogens is 3. The molecule has 1 aromatic carbocycles. The molecule has 4 nitrogen and oxygen atoms in total. The van der Waals surface area contributed by atoms with Crippen LogP contribution < -0.4 is 0 Å². The normalized spacial score (nSPS) is 11.1. The van der Waals surface area contributed by atoms with Crippen molar-refractivity contribution in [2.75, 3.05) is 0 Å². The van der Waals surface area contributed by atoms with Crippen molar-refractivity contribution in [3.8, 4) is 5.75 Å². The number of rotatable bonds is 4. The number of nitrogens with zero attached hydrogens (tertiary/aromatic N) is 3. The van der Waals surface area contributed by atoms with Crippen LogP contribution in [0.15, 0.2) is 42.6 Å². The molecule has 4 heteroatoms. The molecule has 1 N–H and O–H groups in total. The van der Waals surface area contributed by atoms with E-state index in [1.807, 2.05) is 30.3 Å². The van der Waals surface area contributed by atoms with E-state index >= 15 is 0 Å². The molecule has 2 heterocycles. The van der Waals surface area contributed by atoms with E-state index in [0.717, 1.165) is 35.5 Å². The lowest BCUT2D eigenvalue weighted by Crippen LogP contribution is -2.05. The predicted molar refractivity (Wildman–Crippen MR) is 78.7 cm³/mol. The van der Waals surface area contributed by atoms with Gasteiger partial charge in [0.15, 0.2) is 5.65 Å². The van der Waals surface area contributed by atoms with Crippen molar-refractivity contribution in [1.29, 1.82) is 0 Å². The monoisotopic (exact) mass is 267 g/mol. The van der Waals surface area contributed by atoms with Crippen molar-refractivity contribution in [1.82, 2.24) is 14.5 Å². The molecule has 0 atom stereocenters. The second-order valence-electron chi connectivity index (χ2n) is 4.83. The minimum Gasteiger partial charge on any atom is -0.508 e. The van der Waals surface area contributed by atoms with Crippen LogP contribution in [0.4, 0.5) is 0 Å². The average Bonchev–Trinajstić information content (AvgIpc) is 2.80. The largest absolute Gasteiger partial charge is 0.508 e. The number of aryl methyl sites for hydroxylation is 1. The zero-order chi connectivity index (χ0) is 13.9. The summed E-state index contributed by atoms with van der Waals surface area (Å²) in [7, 11) is 0. The molecule has 0 radical (unpaired) electrons. The third-order valence-corrected chi connectivity index (χ3v) is 3.37. The Morgan fingerprint density at radius 3 is 2.80 bits per heavy atom. The van der Waals surface area contributed by atoms with Gasteiger partial charge >= 0.3 is 0 Å². The van der Waals surface area contributed by atoms with Crippen LogP contribution in [0.3, 0.4) is 0 Å². The van der Waals surface area contributed by atoms with Gasteiger partial charge in [0.1, 0.15) is 17.1 Å². The van der Waals surface area contributed by atoms with Crippen molar-refractivity contribution < 1.29 is 5.11 Å². The van der Waals surface area contributed by atoms with E-state index < -0.39 is 0 Å². The van der Waals surface area contributed by atoms with Gasteiger partial charge in [-0.3, -0.25) is 0 Å². The van der Waals surface area contributed by atoms with Crippen molar-refractivity contribution >= 4 is 11.2 Å². The highest BCUT2D eigenvalue weighted by molar-refractivity contribution is 5.71. The Balaban J connectivity index is 2.06. The number of fused-ring (bicyclic) bond motifs is 1. The first-order valence-electron chi connectivity index (χ1n) is 6.86. The average molecular weight is 267 g/mol. The molecule has 0 aliphatic carbocycles. The Labute approximate surface area is 117 Å². The minimum atomic E-state index is 0.315. The second-order valence-corrected chi connectivity index (χ2v) is 4.83.